The largest absolute Gasteiger partial charge is 0.499 e. The summed E-state index contributed by atoms with van der Waals surface area (Å²) in [6.45, 7) is 4.67. The number of β-amino-alcohol motifs (C(OH)–C–C–N with tert-alkyl or cyclic N) is 1. The lowest BCUT2D eigenvalue weighted by Gasteiger charge is -2.34. The highest BCUT2D eigenvalue weighted by molar-refractivity contribution is 7.47. The van der Waals surface area contributed by atoms with E-state index in [9.17, 15) is 33.7 Å². The Balaban J connectivity index is 2.52. The summed E-state index contributed by atoms with van der Waals surface area (Å²) in [6, 6.07) is -0.587. The number of aliphatic hydroxyl groups is 1. The number of carbonyl (C=O) groups excluding carboxylic acids is 4. The third kappa shape index (κ3) is 25.2. The number of amides is 4. The highest BCUT2D eigenvalue weighted by atomic mass is 31.2. The van der Waals surface area contributed by atoms with Crippen LogP contribution >= 0.6 is 7.82 Å². The first kappa shape index (κ1) is 51.7. The number of likely N-dealkylation sites (tertiary alicyclic amines) is 1. The predicted octanol–water partition coefficient (Wildman–Crippen LogP) is 1.48. The van der Waals surface area contributed by atoms with Gasteiger partial charge in [-0.1, -0.05) is 45.4 Å². The number of phosphoric ester groups is 1. The molecule has 0 bridgehead atoms. The number of rotatable bonds is 36. The van der Waals surface area contributed by atoms with E-state index in [1.54, 1.807) is 0 Å². The number of unbranched alkanes of at least 4 members (excludes halogenated alkanes) is 7. The number of phosphoric acid groups is 1. The Kier molecular flexibility index (Phi) is 29.3. The van der Waals surface area contributed by atoms with Gasteiger partial charge in [-0.25, -0.2) is 9.82 Å². The summed E-state index contributed by atoms with van der Waals surface area (Å²) in [4.78, 5) is 61.0. The number of hydrogen-bond acceptors (Lipinski definition) is 14. The second-order valence-corrected chi connectivity index (χ2v) is 15.6. The van der Waals surface area contributed by atoms with Crippen molar-refractivity contribution in [3.63, 3.8) is 0 Å². The lowest BCUT2D eigenvalue weighted by atomic mass is 10.0. The van der Waals surface area contributed by atoms with E-state index in [4.69, 9.17) is 30.9 Å². The molecule has 0 saturated carbocycles. The molecule has 0 aromatic rings. The number of nitrogens with zero attached hydrogens (tertiary/aromatic N) is 1. The van der Waals surface area contributed by atoms with E-state index in [-0.39, 0.29) is 95.5 Å². The molecule has 0 aromatic heterocycles. The van der Waals surface area contributed by atoms with Crippen LogP contribution in [-0.2, 0) is 47.2 Å². The summed E-state index contributed by atoms with van der Waals surface area (Å²) in [5.74, 6) is -0.656. The third-order valence-corrected chi connectivity index (χ3v) is 9.71. The van der Waals surface area contributed by atoms with Crippen LogP contribution in [0.25, 0.3) is 0 Å². The van der Waals surface area contributed by atoms with Gasteiger partial charge in [0.25, 0.3) is 0 Å². The van der Waals surface area contributed by atoms with Crippen molar-refractivity contribution in [3.05, 3.63) is 0 Å². The summed E-state index contributed by atoms with van der Waals surface area (Å²) >= 11 is 0. The van der Waals surface area contributed by atoms with Crippen LogP contribution in [0.3, 0.4) is 0 Å². The SMILES string of the molecule is CCCOCC(COCCC(=O)NCCCN)(COCCC(=O)NCCCN)NC(=O)CCCCCCCCCCC(=O)N1CC(O)CC1COP(=O)(O)OO. The molecule has 3 unspecified atom stereocenters. The molecule has 0 spiro atoms. The van der Waals surface area contributed by atoms with Gasteiger partial charge in [0, 0.05) is 51.9 Å². The van der Waals surface area contributed by atoms with Crippen LogP contribution < -0.4 is 27.4 Å². The average Bonchev–Trinajstić information content (AvgIpc) is 3.55. The second-order valence-electron chi connectivity index (χ2n) is 14.2. The number of carbonyl (C=O) groups is 4. The van der Waals surface area contributed by atoms with E-state index in [2.05, 4.69) is 25.1 Å². The third-order valence-electron chi connectivity index (χ3n) is 9.03. The van der Waals surface area contributed by atoms with Gasteiger partial charge < -0.3 is 56.5 Å². The lowest BCUT2D eigenvalue weighted by molar-refractivity contribution is -0.163. The smallest absolute Gasteiger partial charge is 0.391 e. The van der Waals surface area contributed by atoms with Crippen molar-refractivity contribution in [2.75, 3.05) is 79.0 Å². The molecule has 1 heterocycles. The molecule has 1 rings (SSSR count). The van der Waals surface area contributed by atoms with Crippen LogP contribution in [0.1, 0.15) is 110 Å². The zero-order valence-corrected chi connectivity index (χ0v) is 34.3. The molecule has 1 aliphatic rings. The van der Waals surface area contributed by atoms with E-state index < -0.39 is 25.5 Å². The fourth-order valence-electron chi connectivity index (χ4n) is 6.03. The minimum atomic E-state index is -4.61. The second kappa shape index (κ2) is 31.7. The summed E-state index contributed by atoms with van der Waals surface area (Å²) in [5, 5.41) is 27.1. The summed E-state index contributed by atoms with van der Waals surface area (Å²) in [6.07, 6.45) is 9.35. The van der Waals surface area contributed by atoms with Crippen LogP contribution in [0.15, 0.2) is 0 Å². The Hall–Kier alpha value is -2.29. The van der Waals surface area contributed by atoms with Gasteiger partial charge >= 0.3 is 7.82 Å². The predicted molar refractivity (Wildman–Crippen MR) is 208 cm³/mol. The van der Waals surface area contributed by atoms with Crippen molar-refractivity contribution in [2.45, 2.75) is 127 Å². The van der Waals surface area contributed by atoms with Crippen molar-refractivity contribution in [3.8, 4) is 0 Å². The van der Waals surface area contributed by atoms with Crippen LogP contribution in [0.2, 0.25) is 0 Å². The zero-order valence-electron chi connectivity index (χ0n) is 33.4. The maximum absolute atomic E-state index is 13.2. The maximum atomic E-state index is 13.2. The van der Waals surface area contributed by atoms with E-state index >= 15 is 0 Å². The molecule has 19 nitrogen and oxygen atoms in total. The van der Waals surface area contributed by atoms with E-state index in [1.807, 2.05) is 6.92 Å². The standard InChI is InChI=1S/C36H71N6O13P/c1-2-21-51-27-36(28-52-22-15-32(44)39-19-11-17-37,29-53-23-16-33(45)40-20-12-18-38)41-34(46)13-9-7-5-3-4-6-8-10-14-35(47)42-25-31(43)24-30(42)26-54-56(49,50)55-48/h30-31,43,48H,2-29,37-38H2,1H3,(H,39,44)(H,40,45)(H,41,46)(H,49,50). The molecule has 0 aromatic carbocycles. The minimum Gasteiger partial charge on any atom is -0.391 e. The first-order chi connectivity index (χ1) is 26.9. The van der Waals surface area contributed by atoms with Crippen LogP contribution in [0.4, 0.5) is 0 Å². The molecular weight excluding hydrogens is 755 g/mol. The molecule has 20 heteroatoms. The van der Waals surface area contributed by atoms with Crippen molar-refractivity contribution in [1.82, 2.24) is 20.9 Å². The number of hydrogen-bond donors (Lipinski definition) is 8. The van der Waals surface area contributed by atoms with Gasteiger partial charge in [-0.15, -0.1) is 4.67 Å². The Bertz CT molecular complexity index is 1110. The Morgan fingerprint density at radius 3 is 1.75 bits per heavy atom. The van der Waals surface area contributed by atoms with Crippen molar-refractivity contribution in [1.29, 1.82) is 0 Å². The van der Waals surface area contributed by atoms with Gasteiger partial charge in [0.15, 0.2) is 0 Å². The van der Waals surface area contributed by atoms with Gasteiger partial charge in [0.2, 0.25) is 23.6 Å². The molecule has 0 aliphatic carbocycles. The van der Waals surface area contributed by atoms with Crippen molar-refractivity contribution in [2.24, 2.45) is 11.5 Å². The fourth-order valence-corrected chi connectivity index (χ4v) is 6.44. The van der Waals surface area contributed by atoms with Gasteiger partial charge in [0.1, 0.15) is 5.54 Å². The Labute approximate surface area is 332 Å². The summed E-state index contributed by atoms with van der Waals surface area (Å²) in [7, 11) is -4.61. The number of aliphatic hydroxyl groups excluding tert-OH is 1. The molecule has 10 N–H and O–H groups in total. The van der Waals surface area contributed by atoms with Crippen LogP contribution in [0, 0.1) is 0 Å². The van der Waals surface area contributed by atoms with Crippen molar-refractivity contribution >= 4 is 31.5 Å². The Morgan fingerprint density at radius 1 is 0.750 bits per heavy atom. The molecule has 1 aliphatic heterocycles. The van der Waals surface area contributed by atoms with Crippen molar-refractivity contribution < 1.29 is 62.4 Å². The quantitative estimate of drug-likeness (QED) is 0.0192. The van der Waals surface area contributed by atoms with E-state index in [1.165, 1.54) is 4.90 Å². The lowest BCUT2D eigenvalue weighted by Crippen LogP contribution is -2.58. The highest BCUT2D eigenvalue weighted by Crippen LogP contribution is 2.42. The molecule has 0 radical (unpaired) electrons. The number of nitrogens with two attached hydrogens (primary N) is 2. The molecule has 4 amide bonds. The normalized spacial score (nSPS) is 16.8. The monoisotopic (exact) mass is 826 g/mol. The first-order valence-corrected chi connectivity index (χ1v) is 21.7. The first-order valence-electron chi connectivity index (χ1n) is 20.2. The Morgan fingerprint density at radius 2 is 1.25 bits per heavy atom. The molecule has 1 saturated heterocycles. The van der Waals surface area contributed by atoms with Gasteiger partial charge in [0.05, 0.1) is 51.8 Å². The summed E-state index contributed by atoms with van der Waals surface area (Å²) < 4.78 is 37.2. The van der Waals surface area contributed by atoms with Gasteiger partial charge in [-0.05, 0) is 51.6 Å². The van der Waals surface area contributed by atoms with E-state index in [0.717, 1.165) is 44.9 Å². The molecular formula is C36H71N6O13P. The number of nitrogens with one attached hydrogen (secondary N) is 3. The number of ether oxygens (including phenoxy) is 3. The average molecular weight is 827 g/mol. The highest BCUT2D eigenvalue weighted by Gasteiger charge is 2.36. The molecule has 56 heavy (non-hydrogen) atoms. The topological polar surface area (TPSA) is 284 Å². The maximum Gasteiger partial charge on any atom is 0.499 e. The molecule has 1 fully saturated rings. The van der Waals surface area contributed by atoms with Gasteiger partial charge in [-0.2, -0.15) is 0 Å². The fraction of sp³-hybridized carbons (Fsp3) is 0.889. The van der Waals surface area contributed by atoms with Crippen LogP contribution in [0.5, 0.6) is 0 Å². The molecule has 328 valence electrons. The summed E-state index contributed by atoms with van der Waals surface area (Å²) in [5.41, 5.74) is 9.95. The molecule has 3 atom stereocenters. The van der Waals surface area contributed by atoms with Crippen LogP contribution in [-0.4, -0.2) is 140 Å². The van der Waals surface area contributed by atoms with Gasteiger partial charge in [-0.3, -0.25) is 23.7 Å². The van der Waals surface area contributed by atoms with E-state index in [0.29, 0.717) is 64.9 Å². The zero-order chi connectivity index (χ0) is 41.5. The minimum absolute atomic E-state index is 0.0504.